The Balaban J connectivity index is 1.51. The lowest BCUT2D eigenvalue weighted by Gasteiger charge is -2.11. The molecule has 0 saturated carbocycles. The first-order valence-electron chi connectivity index (χ1n) is 9.26. The van der Waals surface area contributed by atoms with Crippen LogP contribution in [0.3, 0.4) is 0 Å². The van der Waals surface area contributed by atoms with E-state index in [4.69, 9.17) is 14.2 Å². The highest BCUT2D eigenvalue weighted by Gasteiger charge is 2.31. The van der Waals surface area contributed by atoms with Crippen LogP contribution in [-0.4, -0.2) is 24.5 Å². The summed E-state index contributed by atoms with van der Waals surface area (Å²) in [5.41, 5.74) is 2.23. The van der Waals surface area contributed by atoms with Gasteiger partial charge in [-0.2, -0.15) is 0 Å². The molecule has 1 fully saturated rings. The maximum Gasteiger partial charge on any atom is 0.340 e. The van der Waals surface area contributed by atoms with Crippen molar-refractivity contribution < 1.29 is 23.8 Å². The van der Waals surface area contributed by atoms with E-state index in [0.29, 0.717) is 35.7 Å². The molecule has 2 aromatic rings. The highest BCUT2D eigenvalue weighted by Crippen LogP contribution is 2.37. The predicted molar refractivity (Wildman–Crippen MR) is 104 cm³/mol. The Kier molecular flexibility index (Phi) is 5.08. The number of allylic oxidation sites excluding steroid dienone is 3. The first-order chi connectivity index (χ1) is 13.6. The van der Waals surface area contributed by atoms with Gasteiger partial charge in [0.2, 0.25) is 5.78 Å². The highest BCUT2D eigenvalue weighted by atomic mass is 16.6. The van der Waals surface area contributed by atoms with E-state index in [-0.39, 0.29) is 11.5 Å². The second-order valence-electron chi connectivity index (χ2n) is 6.77. The normalized spacial score (nSPS) is 19.8. The van der Waals surface area contributed by atoms with E-state index in [2.05, 4.69) is 0 Å². The van der Waals surface area contributed by atoms with Crippen molar-refractivity contribution in [1.82, 2.24) is 0 Å². The van der Waals surface area contributed by atoms with Crippen molar-refractivity contribution in [2.45, 2.75) is 25.9 Å². The molecule has 2 aliphatic rings. The number of ether oxygens (including phenoxy) is 3. The van der Waals surface area contributed by atoms with Crippen LogP contribution in [0, 0.1) is 6.92 Å². The molecule has 0 amide bonds. The molecule has 5 nitrogen and oxygen atoms in total. The van der Waals surface area contributed by atoms with E-state index in [0.717, 1.165) is 12.0 Å². The van der Waals surface area contributed by atoms with E-state index in [1.165, 1.54) is 0 Å². The molecule has 28 heavy (non-hydrogen) atoms. The number of hydrogen-bond acceptors (Lipinski definition) is 5. The third-order valence-electron chi connectivity index (χ3n) is 4.69. The maximum absolute atomic E-state index is 12.6. The molecular formula is C23H20O5. The zero-order valence-electron chi connectivity index (χ0n) is 15.5. The predicted octanol–water partition coefficient (Wildman–Crippen LogP) is 4.25. The second kappa shape index (κ2) is 7.82. The van der Waals surface area contributed by atoms with Gasteiger partial charge in [0.25, 0.3) is 0 Å². The number of esters is 1. The molecule has 0 radical (unpaired) electrons. The van der Waals surface area contributed by atoms with E-state index < -0.39 is 12.1 Å². The van der Waals surface area contributed by atoms with E-state index in [1.807, 2.05) is 36.4 Å². The minimum absolute atomic E-state index is 0.179. The lowest BCUT2D eigenvalue weighted by atomic mass is 10.0. The molecule has 2 heterocycles. The Morgan fingerprint density at radius 2 is 2.04 bits per heavy atom. The van der Waals surface area contributed by atoms with Gasteiger partial charge < -0.3 is 14.2 Å². The highest BCUT2D eigenvalue weighted by molar-refractivity contribution is 6.13. The summed E-state index contributed by atoms with van der Waals surface area (Å²) in [6, 6.07) is 13.0. The van der Waals surface area contributed by atoms with Crippen LogP contribution in [-0.2, 0) is 9.53 Å². The summed E-state index contributed by atoms with van der Waals surface area (Å²) in [5.74, 6) is 0.406. The van der Waals surface area contributed by atoms with Crippen LogP contribution in [0.1, 0.15) is 34.3 Å². The van der Waals surface area contributed by atoms with Crippen molar-refractivity contribution in [3.8, 4) is 11.5 Å². The molecule has 4 rings (SSSR count). The third-order valence-corrected chi connectivity index (χ3v) is 4.69. The number of Topliss-reactive ketones (excluding diaryl/α,β-unsaturated/α-hetero) is 1. The average Bonchev–Trinajstić information content (AvgIpc) is 3.32. The lowest BCUT2D eigenvalue weighted by Crippen LogP contribution is -2.24. The smallest absolute Gasteiger partial charge is 0.340 e. The summed E-state index contributed by atoms with van der Waals surface area (Å²) in [5, 5.41) is 0. The Bertz CT molecular complexity index is 966. The van der Waals surface area contributed by atoms with Gasteiger partial charge in [-0.1, -0.05) is 42.5 Å². The average molecular weight is 376 g/mol. The molecule has 1 saturated heterocycles. The molecular weight excluding hydrogens is 356 g/mol. The van der Waals surface area contributed by atoms with Crippen LogP contribution in [0.15, 0.2) is 60.4 Å². The Morgan fingerprint density at radius 3 is 2.79 bits per heavy atom. The van der Waals surface area contributed by atoms with E-state index in [1.54, 1.807) is 31.2 Å². The first-order valence-corrected chi connectivity index (χ1v) is 9.26. The topological polar surface area (TPSA) is 61.8 Å². The van der Waals surface area contributed by atoms with Crippen molar-refractivity contribution in [3.63, 3.8) is 0 Å². The fraction of sp³-hybridized carbons (Fsp3) is 0.217. The van der Waals surface area contributed by atoms with Crippen molar-refractivity contribution >= 4 is 17.8 Å². The zero-order valence-corrected chi connectivity index (χ0v) is 15.5. The largest absolute Gasteiger partial charge is 0.452 e. The second-order valence-corrected chi connectivity index (χ2v) is 6.77. The molecule has 142 valence electrons. The number of aryl methyl sites for hydroxylation is 1. The summed E-state index contributed by atoms with van der Waals surface area (Å²) in [4.78, 5) is 24.8. The quantitative estimate of drug-likeness (QED) is 0.453. The molecule has 2 aromatic carbocycles. The summed E-state index contributed by atoms with van der Waals surface area (Å²) >= 11 is 0. The van der Waals surface area contributed by atoms with Crippen LogP contribution in [0.4, 0.5) is 0 Å². The van der Waals surface area contributed by atoms with Crippen molar-refractivity contribution in [2.24, 2.45) is 0 Å². The molecule has 1 unspecified atom stereocenters. The van der Waals surface area contributed by atoms with Gasteiger partial charge in [0.1, 0.15) is 11.5 Å². The monoisotopic (exact) mass is 376 g/mol. The minimum atomic E-state index is -0.519. The van der Waals surface area contributed by atoms with Crippen molar-refractivity contribution in [2.75, 3.05) is 6.61 Å². The van der Waals surface area contributed by atoms with Crippen LogP contribution in [0.5, 0.6) is 11.5 Å². The van der Waals surface area contributed by atoms with Crippen LogP contribution in [0.2, 0.25) is 0 Å². The number of fused-ring (bicyclic) bond motifs is 1. The summed E-state index contributed by atoms with van der Waals surface area (Å²) in [7, 11) is 0. The van der Waals surface area contributed by atoms with Crippen LogP contribution in [0.25, 0.3) is 6.08 Å². The maximum atomic E-state index is 12.6. The number of hydrogen-bond donors (Lipinski definition) is 0. The molecule has 1 atom stereocenters. The van der Waals surface area contributed by atoms with Crippen molar-refractivity contribution in [1.29, 1.82) is 0 Å². The Hall–Kier alpha value is -3.18. The van der Waals surface area contributed by atoms with Gasteiger partial charge in [0.15, 0.2) is 11.9 Å². The molecule has 2 aliphatic heterocycles. The Morgan fingerprint density at radius 1 is 1.21 bits per heavy atom. The fourth-order valence-electron chi connectivity index (χ4n) is 3.31. The summed E-state index contributed by atoms with van der Waals surface area (Å²) in [6.45, 7) is 2.37. The SMILES string of the molecule is Cc1cc(OC(=O)C2CCCO2)cc2c1C(=O)/C(=C/C=C/c1ccccc1)O2. The fourth-order valence-corrected chi connectivity index (χ4v) is 3.31. The standard InChI is InChI=1S/C23H20O5/c1-15-13-17(27-23(25)19-11-6-12-26-19)14-20-21(15)22(24)18(28-20)10-5-9-16-7-3-2-4-8-16/h2-5,7-10,13-14,19H,6,11-12H2,1H3/b9-5+,18-10-. The van der Waals surface area contributed by atoms with Crippen molar-refractivity contribution in [3.05, 3.63) is 77.1 Å². The molecule has 5 heteroatoms. The van der Waals surface area contributed by atoms with E-state index >= 15 is 0 Å². The van der Waals surface area contributed by atoms with Crippen LogP contribution >= 0.6 is 0 Å². The molecule has 0 bridgehead atoms. The van der Waals surface area contributed by atoms with Gasteiger partial charge in [-0.15, -0.1) is 0 Å². The Labute approximate surface area is 163 Å². The number of ketones is 1. The molecule has 0 N–H and O–H groups in total. The number of rotatable bonds is 4. The van der Waals surface area contributed by atoms with Crippen LogP contribution < -0.4 is 9.47 Å². The van der Waals surface area contributed by atoms with E-state index in [9.17, 15) is 9.59 Å². The summed E-state index contributed by atoms with van der Waals surface area (Å²) < 4.78 is 16.5. The molecule has 0 aromatic heterocycles. The van der Waals surface area contributed by atoms with Gasteiger partial charge in [-0.05, 0) is 43.0 Å². The third kappa shape index (κ3) is 3.75. The van der Waals surface area contributed by atoms with Gasteiger partial charge in [0.05, 0.1) is 5.56 Å². The van der Waals surface area contributed by atoms with Gasteiger partial charge in [-0.3, -0.25) is 4.79 Å². The lowest BCUT2D eigenvalue weighted by molar-refractivity contribution is -0.144. The molecule has 0 spiro atoms. The van der Waals surface area contributed by atoms with Gasteiger partial charge in [-0.25, -0.2) is 4.79 Å². The minimum Gasteiger partial charge on any atom is -0.452 e. The zero-order chi connectivity index (χ0) is 19.5. The number of benzene rings is 2. The number of carbonyl (C=O) groups is 2. The molecule has 0 aliphatic carbocycles. The van der Waals surface area contributed by atoms with Gasteiger partial charge in [0, 0.05) is 12.7 Å². The summed E-state index contributed by atoms with van der Waals surface area (Å²) in [6.07, 6.45) is 6.32. The number of carbonyl (C=O) groups excluding carboxylic acids is 2. The van der Waals surface area contributed by atoms with Gasteiger partial charge >= 0.3 is 5.97 Å². The first kappa shape index (κ1) is 18.2.